The number of nitrogens with zero attached hydrogens (tertiary/aromatic N) is 1. The summed E-state index contributed by atoms with van der Waals surface area (Å²) >= 11 is 17.7. The number of nitrogens with one attached hydrogen (secondary N) is 1. The molecule has 1 aliphatic heterocycles. The zero-order valence-corrected chi connectivity index (χ0v) is 13.4. The number of rotatable bonds is 1. The third kappa shape index (κ3) is 3.33. The smallest absolute Gasteiger partial charge is 0.173 e. The Morgan fingerprint density at radius 3 is 2.53 bits per heavy atom. The van der Waals surface area contributed by atoms with Crippen molar-refractivity contribution in [1.29, 1.82) is 0 Å². The first kappa shape index (κ1) is 14.9. The van der Waals surface area contributed by atoms with E-state index in [9.17, 15) is 0 Å². The molecule has 2 atom stereocenters. The molecule has 0 amide bonds. The molecule has 1 saturated heterocycles. The van der Waals surface area contributed by atoms with E-state index >= 15 is 0 Å². The lowest BCUT2D eigenvalue weighted by Crippen LogP contribution is -2.49. The third-order valence-electron chi connectivity index (χ3n) is 3.62. The number of likely N-dealkylation sites (tertiary alicyclic amines) is 1. The second kappa shape index (κ2) is 6.29. The number of anilines is 1. The quantitative estimate of drug-likeness (QED) is 0.738. The number of piperidine rings is 1. The number of hydrogen-bond acceptors (Lipinski definition) is 1. The van der Waals surface area contributed by atoms with Crippen molar-refractivity contribution in [2.45, 2.75) is 45.2 Å². The molecule has 0 radical (unpaired) electrons. The molecule has 0 unspecified atom stereocenters. The third-order valence-corrected chi connectivity index (χ3v) is 4.75. The van der Waals surface area contributed by atoms with Gasteiger partial charge in [-0.25, -0.2) is 0 Å². The molecule has 1 aromatic rings. The lowest BCUT2D eigenvalue weighted by molar-refractivity contribution is 0.194. The Labute approximate surface area is 130 Å². The maximum absolute atomic E-state index is 6.18. The van der Waals surface area contributed by atoms with Crippen LogP contribution < -0.4 is 5.32 Å². The van der Waals surface area contributed by atoms with E-state index in [2.05, 4.69) is 24.1 Å². The molecular weight excluding hydrogens is 299 g/mol. The maximum Gasteiger partial charge on any atom is 0.173 e. The average Bonchev–Trinajstić information content (AvgIpc) is 2.35. The molecule has 19 heavy (non-hydrogen) atoms. The summed E-state index contributed by atoms with van der Waals surface area (Å²) in [5.74, 6) is 0. The van der Waals surface area contributed by atoms with Crippen molar-refractivity contribution in [1.82, 2.24) is 4.90 Å². The normalized spacial score (nSPS) is 23.3. The predicted octanol–water partition coefficient (Wildman–Crippen LogP) is 4.95. The first-order chi connectivity index (χ1) is 9.00. The van der Waals surface area contributed by atoms with Gasteiger partial charge in [-0.05, 0) is 57.5 Å². The van der Waals surface area contributed by atoms with Crippen molar-refractivity contribution in [2.24, 2.45) is 0 Å². The van der Waals surface area contributed by atoms with Crippen LogP contribution in [0.2, 0.25) is 10.0 Å². The SMILES string of the molecule is C[C@H]1CCC[C@H](C)N1C(=S)Nc1cccc(Cl)c1Cl. The lowest BCUT2D eigenvalue weighted by atomic mass is 9.98. The van der Waals surface area contributed by atoms with Crippen molar-refractivity contribution >= 4 is 46.2 Å². The molecule has 1 N–H and O–H groups in total. The van der Waals surface area contributed by atoms with Gasteiger partial charge in [0.25, 0.3) is 0 Å². The Morgan fingerprint density at radius 2 is 1.89 bits per heavy atom. The maximum atomic E-state index is 6.18. The van der Waals surface area contributed by atoms with Crippen LogP contribution in [0.1, 0.15) is 33.1 Å². The van der Waals surface area contributed by atoms with E-state index in [1.54, 1.807) is 6.07 Å². The van der Waals surface area contributed by atoms with Crippen molar-refractivity contribution in [3.63, 3.8) is 0 Å². The highest BCUT2D eigenvalue weighted by Crippen LogP contribution is 2.31. The second-order valence-corrected chi connectivity index (χ2v) is 6.24. The van der Waals surface area contributed by atoms with E-state index in [-0.39, 0.29) is 0 Å². The predicted molar refractivity (Wildman–Crippen MR) is 87.3 cm³/mol. The van der Waals surface area contributed by atoms with Gasteiger partial charge in [0.1, 0.15) is 0 Å². The Bertz CT molecular complexity index is 469. The van der Waals surface area contributed by atoms with E-state index in [1.807, 2.05) is 12.1 Å². The minimum Gasteiger partial charge on any atom is -0.344 e. The van der Waals surface area contributed by atoms with Crippen LogP contribution >= 0.6 is 35.4 Å². The van der Waals surface area contributed by atoms with Gasteiger partial charge in [-0.3, -0.25) is 0 Å². The van der Waals surface area contributed by atoms with Crippen LogP contribution in [-0.4, -0.2) is 22.1 Å². The van der Waals surface area contributed by atoms with E-state index in [0.29, 0.717) is 22.1 Å². The van der Waals surface area contributed by atoms with Crippen molar-refractivity contribution < 1.29 is 0 Å². The van der Waals surface area contributed by atoms with Crippen LogP contribution in [-0.2, 0) is 0 Å². The fraction of sp³-hybridized carbons (Fsp3) is 0.500. The van der Waals surface area contributed by atoms with Crippen LogP contribution in [0, 0.1) is 0 Å². The summed E-state index contributed by atoms with van der Waals surface area (Å²) in [6.07, 6.45) is 3.62. The summed E-state index contributed by atoms with van der Waals surface area (Å²) in [6.45, 7) is 4.42. The summed E-state index contributed by atoms with van der Waals surface area (Å²) in [6, 6.07) is 6.44. The van der Waals surface area contributed by atoms with Gasteiger partial charge in [0.05, 0.1) is 15.7 Å². The van der Waals surface area contributed by atoms with Gasteiger partial charge in [0.2, 0.25) is 0 Å². The van der Waals surface area contributed by atoms with E-state index in [1.165, 1.54) is 19.3 Å². The number of halogens is 2. The Morgan fingerprint density at radius 1 is 1.26 bits per heavy atom. The summed E-state index contributed by atoms with van der Waals surface area (Å²) in [5, 5.41) is 5.00. The Balaban J connectivity index is 2.14. The summed E-state index contributed by atoms with van der Waals surface area (Å²) in [4.78, 5) is 2.26. The molecule has 0 bridgehead atoms. The van der Waals surface area contributed by atoms with Crippen LogP contribution in [0.25, 0.3) is 0 Å². The zero-order valence-electron chi connectivity index (χ0n) is 11.1. The Hall–Kier alpha value is -0.510. The average molecular weight is 317 g/mol. The molecule has 104 valence electrons. The summed E-state index contributed by atoms with van der Waals surface area (Å²) in [5.41, 5.74) is 0.768. The van der Waals surface area contributed by atoms with Crippen LogP contribution in [0.3, 0.4) is 0 Å². The lowest BCUT2D eigenvalue weighted by Gasteiger charge is -2.41. The second-order valence-electron chi connectivity index (χ2n) is 5.07. The van der Waals surface area contributed by atoms with Crippen molar-refractivity contribution in [3.05, 3.63) is 28.2 Å². The molecule has 2 nitrogen and oxygen atoms in total. The fourth-order valence-corrected chi connectivity index (χ4v) is 3.42. The van der Waals surface area contributed by atoms with Gasteiger partial charge < -0.3 is 10.2 Å². The largest absolute Gasteiger partial charge is 0.344 e. The van der Waals surface area contributed by atoms with E-state index in [0.717, 1.165) is 10.8 Å². The molecule has 0 aromatic heterocycles. The molecule has 1 fully saturated rings. The van der Waals surface area contributed by atoms with Crippen LogP contribution in [0.15, 0.2) is 18.2 Å². The van der Waals surface area contributed by atoms with Gasteiger partial charge in [-0.15, -0.1) is 0 Å². The number of benzene rings is 1. The first-order valence-corrected chi connectivity index (χ1v) is 7.70. The summed E-state index contributed by atoms with van der Waals surface area (Å²) < 4.78 is 0. The highest BCUT2D eigenvalue weighted by atomic mass is 35.5. The first-order valence-electron chi connectivity index (χ1n) is 6.54. The van der Waals surface area contributed by atoms with E-state index < -0.39 is 0 Å². The van der Waals surface area contributed by atoms with Crippen molar-refractivity contribution in [2.75, 3.05) is 5.32 Å². The molecule has 0 saturated carbocycles. The molecule has 5 heteroatoms. The van der Waals surface area contributed by atoms with Gasteiger partial charge in [0, 0.05) is 12.1 Å². The molecule has 1 heterocycles. The van der Waals surface area contributed by atoms with E-state index in [4.69, 9.17) is 35.4 Å². The fourth-order valence-electron chi connectivity index (χ4n) is 2.60. The minimum atomic E-state index is 0.460. The molecule has 0 spiro atoms. The van der Waals surface area contributed by atoms with Gasteiger partial charge in [-0.2, -0.15) is 0 Å². The monoisotopic (exact) mass is 316 g/mol. The highest BCUT2D eigenvalue weighted by molar-refractivity contribution is 7.80. The number of hydrogen-bond donors (Lipinski definition) is 1. The highest BCUT2D eigenvalue weighted by Gasteiger charge is 2.26. The van der Waals surface area contributed by atoms with Gasteiger partial charge in [0.15, 0.2) is 5.11 Å². The minimum absolute atomic E-state index is 0.460. The molecule has 1 aliphatic rings. The molecule has 0 aliphatic carbocycles. The zero-order chi connectivity index (χ0) is 14.0. The molecule has 2 rings (SSSR count). The van der Waals surface area contributed by atoms with Gasteiger partial charge in [-0.1, -0.05) is 29.3 Å². The van der Waals surface area contributed by atoms with Crippen LogP contribution in [0.4, 0.5) is 5.69 Å². The van der Waals surface area contributed by atoms with Gasteiger partial charge >= 0.3 is 0 Å². The topological polar surface area (TPSA) is 15.3 Å². The summed E-state index contributed by atoms with van der Waals surface area (Å²) in [7, 11) is 0. The molecule has 1 aromatic carbocycles. The van der Waals surface area contributed by atoms with Crippen molar-refractivity contribution in [3.8, 4) is 0 Å². The van der Waals surface area contributed by atoms with Crippen LogP contribution in [0.5, 0.6) is 0 Å². The Kier molecular flexibility index (Phi) is 4.93. The standard InChI is InChI=1S/C14H18Cl2N2S/c1-9-5-3-6-10(2)18(9)14(19)17-12-8-4-7-11(15)13(12)16/h4,7-10H,3,5-6H2,1-2H3,(H,17,19)/t9-,10-/m0/s1. The molecular formula is C14H18Cl2N2S. The number of thiocarbonyl (C=S) groups is 1.